The number of hydrogen-bond donors (Lipinski definition) is 1. The topological polar surface area (TPSA) is 26.0 Å². The van der Waals surface area contributed by atoms with Crippen molar-refractivity contribution < 1.29 is 0 Å². The van der Waals surface area contributed by atoms with Gasteiger partial charge in [0.2, 0.25) is 0 Å². The van der Waals surface area contributed by atoms with Gasteiger partial charge in [-0.1, -0.05) is 6.42 Å². The molecule has 0 spiro atoms. The molecular weight excluding hydrogens is 178 g/mol. The molecule has 2 aliphatic carbocycles. The molecule has 2 heteroatoms. The van der Waals surface area contributed by atoms with Gasteiger partial charge < -0.3 is 5.73 Å². The third kappa shape index (κ3) is 1.16. The van der Waals surface area contributed by atoms with E-state index in [1.165, 1.54) is 24.8 Å². The van der Waals surface area contributed by atoms with E-state index in [2.05, 4.69) is 16.8 Å². The lowest BCUT2D eigenvalue weighted by Gasteiger charge is -2.11. The van der Waals surface area contributed by atoms with Crippen LogP contribution in [0.2, 0.25) is 0 Å². The summed E-state index contributed by atoms with van der Waals surface area (Å²) in [6.07, 6.45) is 4.32. The van der Waals surface area contributed by atoms with E-state index < -0.39 is 0 Å². The van der Waals surface area contributed by atoms with Crippen LogP contribution in [0.25, 0.3) is 0 Å². The zero-order chi connectivity index (χ0) is 8.84. The fraction of sp³-hybridized carbons (Fsp3) is 0.636. The Hall–Kier alpha value is -0.340. The van der Waals surface area contributed by atoms with E-state index in [4.69, 9.17) is 5.73 Å². The van der Waals surface area contributed by atoms with Crippen molar-refractivity contribution in [1.82, 2.24) is 0 Å². The predicted octanol–water partition coefficient (Wildman–Crippen LogP) is 2.79. The average molecular weight is 193 g/mol. The molecule has 1 aromatic rings. The van der Waals surface area contributed by atoms with Crippen LogP contribution < -0.4 is 5.73 Å². The Labute approximate surface area is 83.0 Å². The second kappa shape index (κ2) is 2.82. The fourth-order valence-electron chi connectivity index (χ4n) is 3.10. The van der Waals surface area contributed by atoms with Crippen LogP contribution >= 0.6 is 11.3 Å². The van der Waals surface area contributed by atoms with E-state index in [1.807, 2.05) is 0 Å². The zero-order valence-electron chi connectivity index (χ0n) is 7.65. The Bertz CT molecular complexity index is 283. The number of hydrogen-bond acceptors (Lipinski definition) is 2. The smallest absolute Gasteiger partial charge is 0.0337 e. The highest BCUT2D eigenvalue weighted by Crippen LogP contribution is 2.61. The molecule has 1 nitrogen and oxygen atoms in total. The summed E-state index contributed by atoms with van der Waals surface area (Å²) in [6.45, 7) is 0. The summed E-state index contributed by atoms with van der Waals surface area (Å²) in [5.41, 5.74) is 7.61. The quantitative estimate of drug-likeness (QED) is 0.768. The summed E-state index contributed by atoms with van der Waals surface area (Å²) in [7, 11) is 0. The molecular formula is C11H15NS. The summed E-state index contributed by atoms with van der Waals surface area (Å²) in [5, 5.41) is 4.34. The molecule has 3 unspecified atom stereocenters. The maximum Gasteiger partial charge on any atom is 0.0337 e. The Morgan fingerprint density at radius 1 is 1.38 bits per heavy atom. The Kier molecular flexibility index (Phi) is 1.74. The van der Waals surface area contributed by atoms with Gasteiger partial charge in [-0.15, -0.1) is 0 Å². The first kappa shape index (κ1) is 8.01. The molecule has 0 radical (unpaired) electrons. The lowest BCUT2D eigenvalue weighted by atomic mass is 10.0. The van der Waals surface area contributed by atoms with Crippen molar-refractivity contribution in [2.75, 3.05) is 0 Å². The van der Waals surface area contributed by atoms with Crippen LogP contribution in [0.5, 0.6) is 0 Å². The molecule has 13 heavy (non-hydrogen) atoms. The van der Waals surface area contributed by atoms with Crippen molar-refractivity contribution >= 4 is 11.3 Å². The van der Waals surface area contributed by atoms with Crippen LogP contribution in [0.15, 0.2) is 16.8 Å². The van der Waals surface area contributed by atoms with Crippen LogP contribution in [0.4, 0.5) is 0 Å². The maximum atomic E-state index is 6.24. The monoisotopic (exact) mass is 193 g/mol. The summed E-state index contributed by atoms with van der Waals surface area (Å²) in [5.74, 6) is 2.79. The highest BCUT2D eigenvalue weighted by Gasteiger charge is 2.55. The second-order valence-electron chi connectivity index (χ2n) is 4.42. The largest absolute Gasteiger partial charge is 0.324 e. The molecule has 0 aromatic carbocycles. The molecule has 1 heterocycles. The Morgan fingerprint density at radius 2 is 2.15 bits per heavy atom. The molecule has 2 fully saturated rings. The van der Waals surface area contributed by atoms with E-state index in [0.29, 0.717) is 6.04 Å². The van der Waals surface area contributed by atoms with Gasteiger partial charge in [0.15, 0.2) is 0 Å². The lowest BCUT2D eigenvalue weighted by molar-refractivity contribution is 0.503. The predicted molar refractivity (Wildman–Crippen MR) is 55.6 cm³/mol. The van der Waals surface area contributed by atoms with Crippen molar-refractivity contribution in [3.63, 3.8) is 0 Å². The van der Waals surface area contributed by atoms with Gasteiger partial charge >= 0.3 is 0 Å². The summed E-state index contributed by atoms with van der Waals surface area (Å²) in [6, 6.07) is 2.52. The number of rotatable bonds is 2. The zero-order valence-corrected chi connectivity index (χ0v) is 8.46. The number of thiophene rings is 1. The normalized spacial score (nSPS) is 38.7. The molecule has 2 N–H and O–H groups in total. The van der Waals surface area contributed by atoms with Crippen LogP contribution in [-0.2, 0) is 0 Å². The molecule has 3 atom stereocenters. The van der Waals surface area contributed by atoms with E-state index in [-0.39, 0.29) is 0 Å². The van der Waals surface area contributed by atoms with Gasteiger partial charge in [-0.3, -0.25) is 0 Å². The molecule has 0 saturated heterocycles. The van der Waals surface area contributed by atoms with Gasteiger partial charge in [-0.05, 0) is 53.0 Å². The van der Waals surface area contributed by atoms with E-state index >= 15 is 0 Å². The molecule has 3 rings (SSSR count). The molecule has 0 bridgehead atoms. The molecule has 0 amide bonds. The van der Waals surface area contributed by atoms with E-state index in [9.17, 15) is 0 Å². The highest BCUT2D eigenvalue weighted by molar-refractivity contribution is 7.07. The maximum absolute atomic E-state index is 6.24. The summed E-state index contributed by atoms with van der Waals surface area (Å²) in [4.78, 5) is 0. The molecule has 70 valence electrons. The van der Waals surface area contributed by atoms with Gasteiger partial charge in [0.1, 0.15) is 0 Å². The van der Waals surface area contributed by atoms with E-state index in [0.717, 1.165) is 17.8 Å². The highest BCUT2D eigenvalue weighted by atomic mass is 32.1. The van der Waals surface area contributed by atoms with Crippen LogP contribution in [0.1, 0.15) is 30.9 Å². The standard InChI is InChI=1S/C11H15NS/c12-11(7-4-5-13-6-7)10-8-2-1-3-9(8)10/h4-6,8-11H,1-3,12H2. The molecule has 1 aromatic heterocycles. The fourth-order valence-corrected chi connectivity index (χ4v) is 3.80. The van der Waals surface area contributed by atoms with Crippen molar-refractivity contribution in [2.24, 2.45) is 23.5 Å². The molecule has 2 aliphatic rings. The number of nitrogens with two attached hydrogens (primary N) is 1. The van der Waals surface area contributed by atoms with Crippen LogP contribution in [0.3, 0.4) is 0 Å². The van der Waals surface area contributed by atoms with Crippen LogP contribution in [0, 0.1) is 17.8 Å². The van der Waals surface area contributed by atoms with E-state index in [1.54, 1.807) is 11.3 Å². The third-order valence-corrected chi connectivity index (χ3v) is 4.52. The van der Waals surface area contributed by atoms with Crippen molar-refractivity contribution in [3.05, 3.63) is 22.4 Å². The summed E-state index contributed by atoms with van der Waals surface area (Å²) < 4.78 is 0. The van der Waals surface area contributed by atoms with Gasteiger partial charge in [0, 0.05) is 6.04 Å². The SMILES string of the molecule is NC(c1ccsc1)C1C2CCCC21. The van der Waals surface area contributed by atoms with Crippen molar-refractivity contribution in [3.8, 4) is 0 Å². The molecule has 2 saturated carbocycles. The summed E-state index contributed by atoms with van der Waals surface area (Å²) >= 11 is 1.76. The first-order valence-electron chi connectivity index (χ1n) is 5.15. The first-order valence-corrected chi connectivity index (χ1v) is 6.10. The Balaban J connectivity index is 1.74. The van der Waals surface area contributed by atoms with Gasteiger partial charge in [0.05, 0.1) is 0 Å². The van der Waals surface area contributed by atoms with Crippen molar-refractivity contribution in [1.29, 1.82) is 0 Å². The number of fused-ring (bicyclic) bond motifs is 1. The average Bonchev–Trinajstić information content (AvgIpc) is 2.68. The minimum absolute atomic E-state index is 0.335. The van der Waals surface area contributed by atoms with Gasteiger partial charge in [-0.25, -0.2) is 0 Å². The third-order valence-electron chi connectivity index (χ3n) is 3.82. The minimum atomic E-state index is 0.335. The van der Waals surface area contributed by atoms with Crippen LogP contribution in [-0.4, -0.2) is 0 Å². The van der Waals surface area contributed by atoms with Gasteiger partial charge in [-0.2, -0.15) is 11.3 Å². The first-order chi connectivity index (χ1) is 6.38. The Morgan fingerprint density at radius 3 is 2.77 bits per heavy atom. The minimum Gasteiger partial charge on any atom is -0.324 e. The second-order valence-corrected chi connectivity index (χ2v) is 5.20. The molecule has 0 aliphatic heterocycles. The van der Waals surface area contributed by atoms with Crippen molar-refractivity contribution in [2.45, 2.75) is 25.3 Å². The lowest BCUT2D eigenvalue weighted by Crippen LogP contribution is -2.14. The van der Waals surface area contributed by atoms with Gasteiger partial charge in [0.25, 0.3) is 0 Å².